The quantitative estimate of drug-likeness (QED) is 0.735. The Kier molecular flexibility index (Phi) is 2.52. The molecule has 0 radical (unpaired) electrons. The predicted molar refractivity (Wildman–Crippen MR) is 49.7 cm³/mol. The lowest BCUT2D eigenvalue weighted by molar-refractivity contribution is 0.116. The topological polar surface area (TPSA) is 60.2 Å². The number of aliphatic hydroxyl groups excluding tert-OH is 1. The number of ether oxygens (including phenoxy) is 1. The molecule has 0 amide bonds. The SMILES string of the molecule is CC1OCCC1c1nnc(CO)n1C. The third-order valence-corrected chi connectivity index (χ3v) is 2.85. The van der Waals surface area contributed by atoms with Gasteiger partial charge < -0.3 is 14.4 Å². The minimum absolute atomic E-state index is 0.0640. The largest absolute Gasteiger partial charge is 0.388 e. The highest BCUT2D eigenvalue weighted by molar-refractivity contribution is 5.04. The van der Waals surface area contributed by atoms with Crippen LogP contribution >= 0.6 is 0 Å². The Labute approximate surface area is 82.7 Å². The van der Waals surface area contributed by atoms with Crippen LogP contribution in [-0.4, -0.2) is 32.6 Å². The van der Waals surface area contributed by atoms with Crippen LogP contribution in [0.2, 0.25) is 0 Å². The Morgan fingerprint density at radius 2 is 2.36 bits per heavy atom. The first-order chi connectivity index (χ1) is 6.74. The van der Waals surface area contributed by atoms with E-state index < -0.39 is 0 Å². The van der Waals surface area contributed by atoms with Crippen LogP contribution in [0.4, 0.5) is 0 Å². The first-order valence-electron chi connectivity index (χ1n) is 4.84. The van der Waals surface area contributed by atoms with Crippen molar-refractivity contribution in [3.63, 3.8) is 0 Å². The normalized spacial score (nSPS) is 27.1. The van der Waals surface area contributed by atoms with Crippen LogP contribution in [0.3, 0.4) is 0 Å². The summed E-state index contributed by atoms with van der Waals surface area (Å²) in [4.78, 5) is 0. The average Bonchev–Trinajstić information content (AvgIpc) is 2.72. The molecule has 2 heterocycles. The molecule has 2 atom stereocenters. The summed E-state index contributed by atoms with van der Waals surface area (Å²) in [7, 11) is 1.88. The van der Waals surface area contributed by atoms with Crippen molar-refractivity contribution in [1.82, 2.24) is 14.8 Å². The summed E-state index contributed by atoms with van der Waals surface area (Å²) >= 11 is 0. The second kappa shape index (κ2) is 3.67. The zero-order valence-corrected chi connectivity index (χ0v) is 8.47. The van der Waals surface area contributed by atoms with Crippen LogP contribution in [0, 0.1) is 0 Å². The van der Waals surface area contributed by atoms with Crippen LogP contribution in [0.25, 0.3) is 0 Å². The van der Waals surface area contributed by atoms with Crippen molar-refractivity contribution >= 4 is 0 Å². The first-order valence-corrected chi connectivity index (χ1v) is 4.84. The summed E-state index contributed by atoms with van der Waals surface area (Å²) in [5.41, 5.74) is 0. The standard InChI is InChI=1S/C9H15N3O2/c1-6-7(3-4-14-6)9-11-10-8(5-13)12(9)2/h6-7,13H,3-5H2,1-2H3. The number of hydrogen-bond acceptors (Lipinski definition) is 4. The van der Waals surface area contributed by atoms with Crippen molar-refractivity contribution in [2.24, 2.45) is 7.05 Å². The number of nitrogens with zero attached hydrogens (tertiary/aromatic N) is 3. The van der Waals surface area contributed by atoms with E-state index in [2.05, 4.69) is 10.2 Å². The van der Waals surface area contributed by atoms with Crippen molar-refractivity contribution in [2.45, 2.75) is 32.0 Å². The molecular formula is C9H15N3O2. The van der Waals surface area contributed by atoms with E-state index in [-0.39, 0.29) is 12.7 Å². The van der Waals surface area contributed by atoms with Gasteiger partial charge in [0, 0.05) is 19.6 Å². The summed E-state index contributed by atoms with van der Waals surface area (Å²) < 4.78 is 7.33. The van der Waals surface area contributed by atoms with Gasteiger partial charge in [0.2, 0.25) is 0 Å². The van der Waals surface area contributed by atoms with Crippen LogP contribution in [0.15, 0.2) is 0 Å². The molecule has 1 saturated heterocycles. The van der Waals surface area contributed by atoms with Gasteiger partial charge in [0.15, 0.2) is 5.82 Å². The van der Waals surface area contributed by atoms with Crippen molar-refractivity contribution in [1.29, 1.82) is 0 Å². The molecule has 1 aromatic heterocycles. The van der Waals surface area contributed by atoms with Gasteiger partial charge >= 0.3 is 0 Å². The molecule has 1 aliphatic rings. The van der Waals surface area contributed by atoms with Crippen LogP contribution in [-0.2, 0) is 18.4 Å². The van der Waals surface area contributed by atoms with Crippen molar-refractivity contribution in [2.75, 3.05) is 6.61 Å². The zero-order chi connectivity index (χ0) is 10.1. The van der Waals surface area contributed by atoms with Crippen molar-refractivity contribution < 1.29 is 9.84 Å². The van der Waals surface area contributed by atoms with E-state index in [0.29, 0.717) is 11.7 Å². The second-order valence-corrected chi connectivity index (χ2v) is 3.66. The average molecular weight is 197 g/mol. The fourth-order valence-corrected chi connectivity index (χ4v) is 1.91. The van der Waals surface area contributed by atoms with E-state index in [1.807, 2.05) is 18.5 Å². The van der Waals surface area contributed by atoms with E-state index in [4.69, 9.17) is 9.84 Å². The minimum atomic E-state index is -0.0640. The molecule has 14 heavy (non-hydrogen) atoms. The highest BCUT2D eigenvalue weighted by Gasteiger charge is 2.30. The Morgan fingerprint density at radius 3 is 2.86 bits per heavy atom. The Balaban J connectivity index is 2.27. The minimum Gasteiger partial charge on any atom is -0.388 e. The second-order valence-electron chi connectivity index (χ2n) is 3.66. The number of hydrogen-bond donors (Lipinski definition) is 1. The summed E-state index contributed by atoms with van der Waals surface area (Å²) in [5.74, 6) is 1.84. The van der Waals surface area contributed by atoms with Gasteiger partial charge in [-0.15, -0.1) is 10.2 Å². The van der Waals surface area contributed by atoms with Crippen molar-refractivity contribution in [3.8, 4) is 0 Å². The molecule has 5 nitrogen and oxygen atoms in total. The van der Waals surface area contributed by atoms with Gasteiger partial charge in [-0.2, -0.15) is 0 Å². The van der Waals surface area contributed by atoms with E-state index in [0.717, 1.165) is 18.9 Å². The Hall–Kier alpha value is -0.940. The molecule has 1 N–H and O–H groups in total. The first kappa shape index (κ1) is 9.61. The summed E-state index contributed by atoms with van der Waals surface area (Å²) in [6, 6.07) is 0. The number of rotatable bonds is 2. The van der Waals surface area contributed by atoms with Gasteiger partial charge in [0.05, 0.1) is 6.10 Å². The molecule has 2 rings (SSSR count). The van der Waals surface area contributed by atoms with Gasteiger partial charge in [0.25, 0.3) is 0 Å². The zero-order valence-electron chi connectivity index (χ0n) is 8.47. The fourth-order valence-electron chi connectivity index (χ4n) is 1.91. The third-order valence-electron chi connectivity index (χ3n) is 2.85. The molecule has 2 unspecified atom stereocenters. The van der Waals surface area contributed by atoms with Crippen LogP contribution in [0.1, 0.15) is 30.9 Å². The van der Waals surface area contributed by atoms with Crippen LogP contribution in [0.5, 0.6) is 0 Å². The van der Waals surface area contributed by atoms with E-state index >= 15 is 0 Å². The lowest BCUT2D eigenvalue weighted by atomic mass is 10.0. The molecule has 0 spiro atoms. The third kappa shape index (κ3) is 1.42. The molecular weight excluding hydrogens is 182 g/mol. The number of aromatic nitrogens is 3. The molecule has 5 heteroatoms. The van der Waals surface area contributed by atoms with Gasteiger partial charge in [-0.05, 0) is 13.3 Å². The lowest BCUT2D eigenvalue weighted by Crippen LogP contribution is -2.14. The maximum atomic E-state index is 8.99. The summed E-state index contributed by atoms with van der Waals surface area (Å²) in [6.07, 6.45) is 1.18. The Morgan fingerprint density at radius 1 is 1.57 bits per heavy atom. The Bertz CT molecular complexity index is 324. The molecule has 1 aromatic rings. The van der Waals surface area contributed by atoms with Gasteiger partial charge in [0.1, 0.15) is 12.4 Å². The number of aliphatic hydroxyl groups is 1. The molecule has 0 aromatic carbocycles. The summed E-state index contributed by atoms with van der Waals surface area (Å²) in [6.45, 7) is 2.77. The van der Waals surface area contributed by atoms with Gasteiger partial charge in [-0.25, -0.2) is 0 Å². The molecule has 1 fully saturated rings. The van der Waals surface area contributed by atoms with E-state index in [1.165, 1.54) is 0 Å². The van der Waals surface area contributed by atoms with E-state index in [1.54, 1.807) is 0 Å². The van der Waals surface area contributed by atoms with Crippen molar-refractivity contribution in [3.05, 3.63) is 11.6 Å². The van der Waals surface area contributed by atoms with Gasteiger partial charge in [-0.1, -0.05) is 0 Å². The predicted octanol–water partition coefficient (Wildman–Crippen LogP) is 0.200. The fraction of sp³-hybridized carbons (Fsp3) is 0.778. The highest BCUT2D eigenvalue weighted by atomic mass is 16.5. The summed E-state index contributed by atoms with van der Waals surface area (Å²) in [5, 5.41) is 17.0. The lowest BCUT2D eigenvalue weighted by Gasteiger charge is -2.12. The molecule has 78 valence electrons. The monoisotopic (exact) mass is 197 g/mol. The maximum Gasteiger partial charge on any atom is 0.158 e. The maximum absolute atomic E-state index is 8.99. The van der Waals surface area contributed by atoms with E-state index in [9.17, 15) is 0 Å². The van der Waals surface area contributed by atoms with Gasteiger partial charge in [-0.3, -0.25) is 0 Å². The smallest absolute Gasteiger partial charge is 0.158 e. The van der Waals surface area contributed by atoms with Crippen LogP contribution < -0.4 is 0 Å². The highest BCUT2D eigenvalue weighted by Crippen LogP contribution is 2.29. The molecule has 0 aliphatic carbocycles. The molecule has 0 saturated carbocycles. The molecule has 1 aliphatic heterocycles. The molecule has 0 bridgehead atoms.